The molecular weight excluding hydrogens is 390 g/mol. The van der Waals surface area contributed by atoms with E-state index in [-0.39, 0.29) is 12.5 Å². The molecule has 0 saturated heterocycles. The van der Waals surface area contributed by atoms with Crippen LogP contribution in [0.4, 0.5) is 0 Å². The van der Waals surface area contributed by atoms with Crippen LogP contribution in [0, 0.1) is 6.92 Å². The maximum atomic E-state index is 12.5. The van der Waals surface area contributed by atoms with Gasteiger partial charge in [-0.05, 0) is 30.7 Å². The Morgan fingerprint density at radius 1 is 1.00 bits per heavy atom. The van der Waals surface area contributed by atoms with Crippen LogP contribution in [0.1, 0.15) is 21.5 Å². The molecule has 0 aliphatic heterocycles. The summed E-state index contributed by atoms with van der Waals surface area (Å²) in [4.78, 5) is 34.1. The standard InChI is InChI=1S/C25H23N3O3/c1-17-8-10-19(11-9-17)24-26-21-13-12-20(14-22(21)27-24)25(30)31-16-23(29)28(2)15-18-6-4-3-5-7-18/h3-14H,15-16H2,1-2H3,(H,26,27). The first-order valence-electron chi connectivity index (χ1n) is 10.0. The van der Waals surface area contributed by atoms with Crippen LogP contribution in [0.15, 0.2) is 72.8 Å². The van der Waals surface area contributed by atoms with Gasteiger partial charge in [0, 0.05) is 19.2 Å². The van der Waals surface area contributed by atoms with Crippen molar-refractivity contribution in [1.29, 1.82) is 0 Å². The molecule has 1 amide bonds. The lowest BCUT2D eigenvalue weighted by Gasteiger charge is -2.17. The van der Waals surface area contributed by atoms with Gasteiger partial charge >= 0.3 is 5.97 Å². The number of nitrogens with zero attached hydrogens (tertiary/aromatic N) is 2. The minimum atomic E-state index is -0.546. The van der Waals surface area contributed by atoms with E-state index in [1.807, 2.05) is 61.5 Å². The van der Waals surface area contributed by atoms with Crippen molar-refractivity contribution in [3.05, 3.63) is 89.5 Å². The van der Waals surface area contributed by atoms with Gasteiger partial charge in [-0.15, -0.1) is 0 Å². The number of aromatic amines is 1. The van der Waals surface area contributed by atoms with E-state index in [0.29, 0.717) is 12.1 Å². The SMILES string of the molecule is Cc1ccc(-c2nc3ccc(C(=O)OCC(=O)N(C)Cc4ccccc4)cc3[nH]2)cc1. The number of carbonyl (C=O) groups is 2. The Morgan fingerprint density at radius 2 is 1.74 bits per heavy atom. The number of nitrogens with one attached hydrogen (secondary N) is 1. The molecule has 4 rings (SSSR count). The molecular formula is C25H23N3O3. The number of H-pyrrole nitrogens is 1. The highest BCUT2D eigenvalue weighted by atomic mass is 16.5. The van der Waals surface area contributed by atoms with Crippen LogP contribution in [-0.4, -0.2) is 40.4 Å². The summed E-state index contributed by atoms with van der Waals surface area (Å²) in [5.41, 5.74) is 5.01. The molecule has 0 aliphatic carbocycles. The molecule has 1 heterocycles. The van der Waals surface area contributed by atoms with Crippen LogP contribution in [-0.2, 0) is 16.1 Å². The van der Waals surface area contributed by atoms with E-state index in [1.165, 1.54) is 10.5 Å². The van der Waals surface area contributed by atoms with Gasteiger partial charge in [0.1, 0.15) is 5.82 Å². The molecule has 156 valence electrons. The van der Waals surface area contributed by atoms with E-state index in [2.05, 4.69) is 9.97 Å². The van der Waals surface area contributed by atoms with Crippen molar-refractivity contribution in [2.45, 2.75) is 13.5 Å². The normalized spacial score (nSPS) is 10.8. The van der Waals surface area contributed by atoms with E-state index in [0.717, 1.165) is 28.0 Å². The Kier molecular flexibility index (Phi) is 5.80. The van der Waals surface area contributed by atoms with Gasteiger partial charge in [0.15, 0.2) is 6.61 Å². The van der Waals surface area contributed by atoms with Crippen LogP contribution in [0.5, 0.6) is 0 Å². The predicted molar refractivity (Wildman–Crippen MR) is 119 cm³/mol. The highest BCUT2D eigenvalue weighted by Gasteiger charge is 2.15. The second-order valence-electron chi connectivity index (χ2n) is 7.49. The lowest BCUT2D eigenvalue weighted by atomic mass is 10.1. The van der Waals surface area contributed by atoms with Crippen LogP contribution in [0.3, 0.4) is 0 Å². The molecule has 6 heteroatoms. The third-order valence-electron chi connectivity index (χ3n) is 5.06. The molecule has 3 aromatic carbocycles. The van der Waals surface area contributed by atoms with Gasteiger partial charge in [0.25, 0.3) is 5.91 Å². The largest absolute Gasteiger partial charge is 0.452 e. The lowest BCUT2D eigenvalue weighted by molar-refractivity contribution is -0.133. The van der Waals surface area contributed by atoms with Gasteiger partial charge < -0.3 is 14.6 Å². The number of hydrogen-bond acceptors (Lipinski definition) is 4. The number of amides is 1. The van der Waals surface area contributed by atoms with Crippen molar-refractivity contribution in [1.82, 2.24) is 14.9 Å². The van der Waals surface area contributed by atoms with Crippen molar-refractivity contribution in [2.75, 3.05) is 13.7 Å². The Balaban J connectivity index is 1.40. The Morgan fingerprint density at radius 3 is 2.48 bits per heavy atom. The molecule has 6 nitrogen and oxygen atoms in total. The number of rotatable bonds is 6. The van der Waals surface area contributed by atoms with Crippen LogP contribution in [0.25, 0.3) is 22.4 Å². The number of benzene rings is 3. The highest BCUT2D eigenvalue weighted by Crippen LogP contribution is 2.22. The maximum absolute atomic E-state index is 12.5. The topological polar surface area (TPSA) is 75.3 Å². The van der Waals surface area contributed by atoms with Crippen molar-refractivity contribution >= 4 is 22.9 Å². The monoisotopic (exact) mass is 413 g/mol. The molecule has 0 radical (unpaired) electrons. The number of carbonyl (C=O) groups excluding carboxylic acids is 2. The first-order chi connectivity index (χ1) is 15.0. The Labute approximate surface area is 180 Å². The van der Waals surface area contributed by atoms with E-state index < -0.39 is 5.97 Å². The molecule has 0 aliphatic rings. The fraction of sp³-hybridized carbons (Fsp3) is 0.160. The molecule has 0 saturated carbocycles. The van der Waals surface area contributed by atoms with Crippen molar-refractivity contribution < 1.29 is 14.3 Å². The number of aryl methyl sites for hydroxylation is 1. The average molecular weight is 413 g/mol. The van der Waals surface area contributed by atoms with E-state index in [4.69, 9.17) is 4.74 Å². The number of aromatic nitrogens is 2. The number of fused-ring (bicyclic) bond motifs is 1. The Bertz CT molecular complexity index is 1210. The van der Waals surface area contributed by atoms with Gasteiger partial charge in [-0.25, -0.2) is 9.78 Å². The summed E-state index contributed by atoms with van der Waals surface area (Å²) in [6.45, 7) is 2.18. The molecule has 1 N–H and O–H groups in total. The van der Waals surface area contributed by atoms with Gasteiger partial charge in [-0.1, -0.05) is 60.2 Å². The number of hydrogen-bond donors (Lipinski definition) is 1. The summed E-state index contributed by atoms with van der Waals surface area (Å²) in [6.07, 6.45) is 0. The smallest absolute Gasteiger partial charge is 0.338 e. The zero-order valence-corrected chi connectivity index (χ0v) is 17.5. The van der Waals surface area contributed by atoms with E-state index >= 15 is 0 Å². The third kappa shape index (κ3) is 4.80. The van der Waals surface area contributed by atoms with Crippen LogP contribution >= 0.6 is 0 Å². The van der Waals surface area contributed by atoms with Gasteiger partial charge in [0.05, 0.1) is 16.6 Å². The fourth-order valence-corrected chi connectivity index (χ4v) is 3.25. The molecule has 0 unspecified atom stereocenters. The first kappa shape index (κ1) is 20.3. The number of imidazole rings is 1. The molecule has 0 fully saturated rings. The maximum Gasteiger partial charge on any atom is 0.338 e. The Hall–Kier alpha value is -3.93. The van der Waals surface area contributed by atoms with Crippen LogP contribution in [0.2, 0.25) is 0 Å². The quantitative estimate of drug-likeness (QED) is 0.477. The zero-order valence-electron chi connectivity index (χ0n) is 17.5. The van der Waals surface area contributed by atoms with E-state index in [1.54, 1.807) is 25.2 Å². The van der Waals surface area contributed by atoms with E-state index in [9.17, 15) is 9.59 Å². The lowest BCUT2D eigenvalue weighted by Crippen LogP contribution is -2.30. The minimum Gasteiger partial charge on any atom is -0.452 e. The predicted octanol–water partition coefficient (Wildman–Crippen LogP) is 4.35. The number of likely N-dealkylation sites (N-methyl/N-ethyl adjacent to an activating group) is 1. The molecule has 31 heavy (non-hydrogen) atoms. The summed E-state index contributed by atoms with van der Waals surface area (Å²) in [5, 5.41) is 0. The third-order valence-corrected chi connectivity index (χ3v) is 5.06. The van der Waals surface area contributed by atoms with Crippen LogP contribution < -0.4 is 0 Å². The number of ether oxygens (including phenoxy) is 1. The second-order valence-corrected chi connectivity index (χ2v) is 7.49. The summed E-state index contributed by atoms with van der Waals surface area (Å²) < 4.78 is 5.24. The highest BCUT2D eigenvalue weighted by molar-refractivity contribution is 5.95. The molecule has 1 aromatic heterocycles. The van der Waals surface area contributed by atoms with Gasteiger partial charge in [0.2, 0.25) is 0 Å². The first-order valence-corrected chi connectivity index (χ1v) is 10.0. The zero-order chi connectivity index (χ0) is 21.8. The summed E-state index contributed by atoms with van der Waals surface area (Å²) in [6, 6.07) is 22.8. The summed E-state index contributed by atoms with van der Waals surface area (Å²) >= 11 is 0. The van der Waals surface area contributed by atoms with Crippen molar-refractivity contribution in [3.8, 4) is 11.4 Å². The molecule has 4 aromatic rings. The summed E-state index contributed by atoms with van der Waals surface area (Å²) in [5.74, 6) is -0.0745. The summed E-state index contributed by atoms with van der Waals surface area (Å²) in [7, 11) is 1.69. The fourth-order valence-electron chi connectivity index (χ4n) is 3.25. The van der Waals surface area contributed by atoms with Gasteiger partial charge in [-0.2, -0.15) is 0 Å². The molecule has 0 atom stereocenters. The second kappa shape index (κ2) is 8.83. The van der Waals surface area contributed by atoms with Crippen molar-refractivity contribution in [2.24, 2.45) is 0 Å². The minimum absolute atomic E-state index is 0.263. The molecule has 0 bridgehead atoms. The van der Waals surface area contributed by atoms with Crippen molar-refractivity contribution in [3.63, 3.8) is 0 Å². The number of esters is 1. The van der Waals surface area contributed by atoms with Gasteiger partial charge in [-0.3, -0.25) is 4.79 Å². The molecule has 0 spiro atoms. The average Bonchev–Trinajstić information content (AvgIpc) is 3.21.